The zero-order valence-corrected chi connectivity index (χ0v) is 12.1. The molecule has 4 nitrogen and oxygen atoms in total. The molecule has 110 valence electrons. The summed E-state index contributed by atoms with van der Waals surface area (Å²) in [5, 5.41) is 5.69. The Kier molecular flexibility index (Phi) is 4.95. The van der Waals surface area contributed by atoms with E-state index in [1.807, 2.05) is 24.1 Å². The average molecular weight is 279 g/mol. The summed E-state index contributed by atoms with van der Waals surface area (Å²) in [6.07, 6.45) is 1.55. The molecule has 1 aliphatic rings. The van der Waals surface area contributed by atoms with E-state index in [1.165, 1.54) is 0 Å². The van der Waals surface area contributed by atoms with Gasteiger partial charge in [0, 0.05) is 32.6 Å². The number of piperidine rings is 1. The lowest BCUT2D eigenvalue weighted by molar-refractivity contribution is -0.125. The minimum Gasteiger partial charge on any atom is -0.369 e. The predicted octanol–water partition coefficient (Wildman–Crippen LogP) is 1.51. The number of carbonyl (C=O) groups is 1. The Morgan fingerprint density at radius 1 is 1.35 bits per heavy atom. The molecule has 1 heterocycles. The van der Waals surface area contributed by atoms with Crippen LogP contribution in [0.15, 0.2) is 18.2 Å². The number of nitrogens with one attached hydrogen (secondary N) is 2. The van der Waals surface area contributed by atoms with Gasteiger partial charge in [-0.1, -0.05) is 6.07 Å². The maximum absolute atomic E-state index is 14.1. The van der Waals surface area contributed by atoms with E-state index in [0.717, 1.165) is 31.5 Å². The van der Waals surface area contributed by atoms with Crippen molar-refractivity contribution in [1.29, 1.82) is 0 Å². The molecule has 0 radical (unpaired) electrons. The fraction of sp³-hybridized carbons (Fsp3) is 0.533. The van der Waals surface area contributed by atoms with Gasteiger partial charge in [0.05, 0.1) is 5.69 Å². The molecule has 0 aliphatic carbocycles. The van der Waals surface area contributed by atoms with Crippen LogP contribution >= 0.6 is 0 Å². The lowest BCUT2D eigenvalue weighted by Crippen LogP contribution is -2.39. The third-order valence-electron chi connectivity index (χ3n) is 3.85. The summed E-state index contributed by atoms with van der Waals surface area (Å²) in [5.41, 5.74) is 1.58. The van der Waals surface area contributed by atoms with Gasteiger partial charge in [-0.3, -0.25) is 4.79 Å². The molecular formula is C15H22FN3O. The number of nitrogens with zero attached hydrogens (tertiary/aromatic N) is 1. The van der Waals surface area contributed by atoms with Crippen LogP contribution in [0.1, 0.15) is 18.4 Å². The number of hydrogen-bond acceptors (Lipinski definition) is 3. The van der Waals surface area contributed by atoms with E-state index in [9.17, 15) is 9.18 Å². The van der Waals surface area contributed by atoms with Crippen molar-refractivity contribution in [3.63, 3.8) is 0 Å². The first-order valence-electron chi connectivity index (χ1n) is 7.05. The quantitative estimate of drug-likeness (QED) is 0.878. The minimum atomic E-state index is -0.184. The molecule has 1 aliphatic heterocycles. The predicted molar refractivity (Wildman–Crippen MR) is 78.2 cm³/mol. The number of hydrogen-bond donors (Lipinski definition) is 2. The summed E-state index contributed by atoms with van der Waals surface area (Å²) in [6, 6.07) is 5.36. The van der Waals surface area contributed by atoms with Gasteiger partial charge in [-0.2, -0.15) is 0 Å². The van der Waals surface area contributed by atoms with Gasteiger partial charge in [0.25, 0.3) is 0 Å². The normalized spacial score (nSPS) is 16.2. The third kappa shape index (κ3) is 3.28. The molecule has 0 bridgehead atoms. The number of halogens is 1. The number of rotatable bonds is 4. The summed E-state index contributed by atoms with van der Waals surface area (Å²) < 4.78 is 14.1. The lowest BCUT2D eigenvalue weighted by atomic mass is 9.95. The summed E-state index contributed by atoms with van der Waals surface area (Å²) in [6.45, 7) is 2.11. The lowest BCUT2D eigenvalue weighted by Gasteiger charge is -2.33. The van der Waals surface area contributed by atoms with Gasteiger partial charge < -0.3 is 15.5 Å². The summed E-state index contributed by atoms with van der Waals surface area (Å²) >= 11 is 0. The van der Waals surface area contributed by atoms with Crippen molar-refractivity contribution in [3.8, 4) is 0 Å². The fourth-order valence-electron chi connectivity index (χ4n) is 2.71. The second kappa shape index (κ2) is 6.70. The highest BCUT2D eigenvalue weighted by molar-refractivity contribution is 5.78. The standard InChI is InChI=1S/C15H22FN3O/c1-17-10-11-3-4-14(13(16)9-11)19-7-5-12(6-8-19)15(20)18-2/h3-4,9,12,17H,5-8,10H2,1-2H3,(H,18,20). The van der Waals surface area contributed by atoms with Crippen LogP contribution in [0, 0.1) is 11.7 Å². The van der Waals surface area contributed by atoms with Crippen LogP contribution in [0.3, 0.4) is 0 Å². The molecule has 20 heavy (non-hydrogen) atoms. The van der Waals surface area contributed by atoms with Crippen molar-refractivity contribution in [2.24, 2.45) is 5.92 Å². The highest BCUT2D eigenvalue weighted by atomic mass is 19.1. The van der Waals surface area contributed by atoms with Gasteiger partial charge in [-0.25, -0.2) is 4.39 Å². The van der Waals surface area contributed by atoms with Crippen LogP contribution in [0.2, 0.25) is 0 Å². The Balaban J connectivity index is 2.01. The highest BCUT2D eigenvalue weighted by Gasteiger charge is 2.25. The van der Waals surface area contributed by atoms with Crippen molar-refractivity contribution in [1.82, 2.24) is 10.6 Å². The first kappa shape index (κ1) is 14.8. The molecule has 2 N–H and O–H groups in total. The Morgan fingerprint density at radius 2 is 2.05 bits per heavy atom. The van der Waals surface area contributed by atoms with Crippen LogP contribution in [0.5, 0.6) is 0 Å². The second-order valence-electron chi connectivity index (χ2n) is 5.19. The Bertz CT molecular complexity index is 470. The van der Waals surface area contributed by atoms with E-state index in [4.69, 9.17) is 0 Å². The molecule has 0 aromatic heterocycles. The first-order valence-corrected chi connectivity index (χ1v) is 7.05. The molecule has 1 aromatic rings. The molecule has 1 fully saturated rings. The number of carbonyl (C=O) groups excluding carboxylic acids is 1. The summed E-state index contributed by atoms with van der Waals surface area (Å²) in [7, 11) is 3.50. The van der Waals surface area contributed by atoms with E-state index >= 15 is 0 Å². The molecule has 0 spiro atoms. The molecule has 0 saturated carbocycles. The molecule has 0 unspecified atom stereocenters. The van der Waals surface area contributed by atoms with Crippen molar-refractivity contribution < 1.29 is 9.18 Å². The average Bonchev–Trinajstić information content (AvgIpc) is 2.47. The van der Waals surface area contributed by atoms with Crippen LogP contribution in [-0.4, -0.2) is 33.1 Å². The molecular weight excluding hydrogens is 257 g/mol. The van der Waals surface area contributed by atoms with Crippen molar-refractivity contribution >= 4 is 11.6 Å². The number of anilines is 1. The first-order chi connectivity index (χ1) is 9.65. The van der Waals surface area contributed by atoms with Crippen LogP contribution in [-0.2, 0) is 11.3 Å². The Hall–Kier alpha value is -1.62. The zero-order valence-electron chi connectivity index (χ0n) is 12.1. The second-order valence-corrected chi connectivity index (χ2v) is 5.19. The smallest absolute Gasteiger partial charge is 0.222 e. The Morgan fingerprint density at radius 3 is 2.60 bits per heavy atom. The van der Waals surface area contributed by atoms with Crippen molar-refractivity contribution in [3.05, 3.63) is 29.6 Å². The van der Waals surface area contributed by atoms with Crippen LogP contribution in [0.25, 0.3) is 0 Å². The van der Waals surface area contributed by atoms with Crippen LogP contribution < -0.4 is 15.5 Å². The topological polar surface area (TPSA) is 44.4 Å². The van der Waals surface area contributed by atoms with Gasteiger partial charge in [0.15, 0.2) is 0 Å². The third-order valence-corrected chi connectivity index (χ3v) is 3.85. The monoisotopic (exact) mass is 279 g/mol. The van der Waals surface area contributed by atoms with E-state index in [2.05, 4.69) is 10.6 Å². The van der Waals surface area contributed by atoms with Gasteiger partial charge in [0.2, 0.25) is 5.91 Å². The maximum Gasteiger partial charge on any atom is 0.222 e. The van der Waals surface area contributed by atoms with Gasteiger partial charge in [-0.05, 0) is 37.6 Å². The molecule has 1 saturated heterocycles. The van der Waals surface area contributed by atoms with Crippen molar-refractivity contribution in [2.75, 3.05) is 32.1 Å². The molecule has 1 amide bonds. The van der Waals surface area contributed by atoms with Crippen LogP contribution in [0.4, 0.5) is 10.1 Å². The number of amides is 1. The molecule has 1 aromatic carbocycles. The molecule has 0 atom stereocenters. The van der Waals surface area contributed by atoms with Crippen molar-refractivity contribution in [2.45, 2.75) is 19.4 Å². The molecule has 5 heteroatoms. The minimum absolute atomic E-state index is 0.0582. The van der Waals surface area contributed by atoms with Gasteiger partial charge in [-0.15, -0.1) is 0 Å². The largest absolute Gasteiger partial charge is 0.369 e. The zero-order chi connectivity index (χ0) is 14.5. The Labute approximate surface area is 119 Å². The van der Waals surface area contributed by atoms with Gasteiger partial charge >= 0.3 is 0 Å². The maximum atomic E-state index is 14.1. The van der Waals surface area contributed by atoms with Gasteiger partial charge in [0.1, 0.15) is 5.82 Å². The van der Waals surface area contributed by atoms with E-state index < -0.39 is 0 Å². The summed E-state index contributed by atoms with van der Waals surface area (Å²) in [5.74, 6) is -0.0338. The van der Waals surface area contributed by atoms with E-state index in [-0.39, 0.29) is 17.6 Å². The van der Waals surface area contributed by atoms with E-state index in [1.54, 1.807) is 13.1 Å². The highest BCUT2D eigenvalue weighted by Crippen LogP contribution is 2.26. The number of benzene rings is 1. The summed E-state index contributed by atoms with van der Waals surface area (Å²) in [4.78, 5) is 13.6. The van der Waals surface area contributed by atoms with E-state index in [0.29, 0.717) is 12.2 Å². The fourth-order valence-corrected chi connectivity index (χ4v) is 2.71. The molecule has 2 rings (SSSR count). The SMILES string of the molecule is CNCc1ccc(N2CCC(C(=O)NC)CC2)c(F)c1.